The number of hydrogen-bond donors (Lipinski definition) is 3. The molecular formula is C30H30Cl2FN5O4. The predicted molar refractivity (Wildman–Crippen MR) is 159 cm³/mol. The van der Waals surface area contributed by atoms with Crippen LogP contribution in [0.25, 0.3) is 0 Å². The molecule has 0 spiro atoms. The Morgan fingerprint density at radius 2 is 1.98 bits per heavy atom. The van der Waals surface area contributed by atoms with Gasteiger partial charge in [0.25, 0.3) is 5.91 Å². The molecule has 2 fully saturated rings. The number of amidine groups is 1. The van der Waals surface area contributed by atoms with Crippen molar-refractivity contribution in [2.45, 2.75) is 32.7 Å². The van der Waals surface area contributed by atoms with Crippen LogP contribution < -0.4 is 16.0 Å². The van der Waals surface area contributed by atoms with Gasteiger partial charge in [-0.05, 0) is 60.2 Å². The Labute approximate surface area is 252 Å². The first-order chi connectivity index (χ1) is 20.2. The molecule has 1 unspecified atom stereocenters. The lowest BCUT2D eigenvalue weighted by Gasteiger charge is -2.31. The number of ether oxygens (including phenoxy) is 1. The number of benzene rings is 2. The van der Waals surface area contributed by atoms with Crippen LogP contribution in [0.4, 0.5) is 10.1 Å². The van der Waals surface area contributed by atoms with Crippen LogP contribution in [0, 0.1) is 11.7 Å². The van der Waals surface area contributed by atoms with Gasteiger partial charge >= 0.3 is 0 Å². The van der Waals surface area contributed by atoms with Crippen LogP contribution in [0.3, 0.4) is 0 Å². The van der Waals surface area contributed by atoms with Crippen molar-refractivity contribution in [1.82, 2.24) is 15.5 Å². The first-order valence-electron chi connectivity index (χ1n) is 13.7. The van der Waals surface area contributed by atoms with E-state index < -0.39 is 29.5 Å². The van der Waals surface area contributed by atoms with Crippen molar-refractivity contribution in [1.29, 1.82) is 0 Å². The van der Waals surface area contributed by atoms with E-state index in [4.69, 9.17) is 32.9 Å². The quantitative estimate of drug-likeness (QED) is 0.388. The van der Waals surface area contributed by atoms with Gasteiger partial charge < -0.3 is 25.6 Å². The molecule has 12 heteroatoms. The van der Waals surface area contributed by atoms with Gasteiger partial charge in [0, 0.05) is 24.7 Å². The number of morpholine rings is 1. The molecule has 220 valence electrons. The number of allylic oxidation sites excluding steroid dienone is 2. The largest absolute Gasteiger partial charge is 0.378 e. The Bertz CT molecular complexity index is 1520. The second-order valence-corrected chi connectivity index (χ2v) is 11.0. The maximum Gasteiger partial charge on any atom is 0.254 e. The summed E-state index contributed by atoms with van der Waals surface area (Å²) < 4.78 is 20.2. The number of carbonyl (C=O) groups excluding carboxylic acids is 3. The van der Waals surface area contributed by atoms with Gasteiger partial charge in [0.15, 0.2) is 0 Å². The molecule has 0 aromatic heterocycles. The van der Waals surface area contributed by atoms with E-state index in [2.05, 4.69) is 27.8 Å². The summed E-state index contributed by atoms with van der Waals surface area (Å²) in [5.74, 6) is -2.50. The first kappa shape index (κ1) is 29.8. The van der Waals surface area contributed by atoms with Crippen molar-refractivity contribution in [3.63, 3.8) is 0 Å². The summed E-state index contributed by atoms with van der Waals surface area (Å²) in [6.45, 7) is 4.82. The van der Waals surface area contributed by atoms with Crippen LogP contribution in [0.2, 0.25) is 10.0 Å². The van der Waals surface area contributed by atoms with Gasteiger partial charge in [-0.1, -0.05) is 48.3 Å². The standard InChI is InChI=1S/C30H30Cl2FN5O4/c1-2-18-6-7-19-13-22(30(41)37-26(19)36-27(18)38-8-10-42-11-9-38)29(40)35-25-14-21(24(33)15-23(25)32)28(39)34-16-17-4-3-5-20(31)12-17/h3-5,7,12,14-15,22H,2,6,8-11,13,16H2,1H3,(H,34,39)(H,35,40)(H,36,37,41). The number of fused-ring (bicyclic) bond motifs is 1. The molecule has 0 saturated carbocycles. The van der Waals surface area contributed by atoms with Gasteiger partial charge in [-0.25, -0.2) is 9.38 Å². The Morgan fingerprint density at radius 3 is 2.71 bits per heavy atom. The number of carbonyl (C=O) groups is 3. The summed E-state index contributed by atoms with van der Waals surface area (Å²) in [5, 5.41) is 8.45. The molecule has 1 atom stereocenters. The van der Waals surface area contributed by atoms with Crippen LogP contribution in [0.1, 0.15) is 42.1 Å². The van der Waals surface area contributed by atoms with Crippen LogP contribution in [0.5, 0.6) is 0 Å². The Balaban J connectivity index is 1.29. The van der Waals surface area contributed by atoms with Gasteiger partial charge in [0.2, 0.25) is 11.8 Å². The topological polar surface area (TPSA) is 112 Å². The number of hydrogen-bond acceptors (Lipinski definition) is 6. The van der Waals surface area contributed by atoms with E-state index in [-0.39, 0.29) is 29.2 Å². The molecule has 0 radical (unpaired) electrons. The SMILES string of the molecule is CCC1=C(N2CCOCC2)N=C2NC(=O)C(C(=O)Nc3cc(C(=O)NCc4cccc(Cl)c4)c(F)cc3Cl)CC2=CC1. The van der Waals surface area contributed by atoms with Gasteiger partial charge in [0.1, 0.15) is 23.4 Å². The van der Waals surface area contributed by atoms with Gasteiger partial charge in [0.05, 0.1) is 29.5 Å². The number of rotatable bonds is 7. The molecule has 2 aromatic carbocycles. The smallest absolute Gasteiger partial charge is 0.254 e. The number of nitrogens with one attached hydrogen (secondary N) is 3. The molecule has 3 aliphatic heterocycles. The molecule has 2 saturated heterocycles. The van der Waals surface area contributed by atoms with E-state index in [9.17, 15) is 18.8 Å². The molecule has 2 aromatic rings. The van der Waals surface area contributed by atoms with E-state index in [0.717, 1.165) is 41.1 Å². The second-order valence-electron chi connectivity index (χ2n) is 10.1. The van der Waals surface area contributed by atoms with E-state index in [1.54, 1.807) is 24.3 Å². The summed E-state index contributed by atoms with van der Waals surface area (Å²) >= 11 is 12.2. The van der Waals surface area contributed by atoms with Crippen LogP contribution in [-0.4, -0.2) is 54.8 Å². The third kappa shape index (κ3) is 6.67. The van der Waals surface area contributed by atoms with Crippen molar-refractivity contribution in [2.75, 3.05) is 31.6 Å². The van der Waals surface area contributed by atoms with Gasteiger partial charge in [-0.15, -0.1) is 0 Å². The van der Waals surface area contributed by atoms with Gasteiger partial charge in [-0.2, -0.15) is 0 Å². The van der Waals surface area contributed by atoms with Gasteiger partial charge in [-0.3, -0.25) is 14.4 Å². The lowest BCUT2D eigenvalue weighted by molar-refractivity contribution is -0.131. The number of anilines is 1. The highest BCUT2D eigenvalue weighted by atomic mass is 35.5. The summed E-state index contributed by atoms with van der Waals surface area (Å²) in [7, 11) is 0. The lowest BCUT2D eigenvalue weighted by Crippen LogP contribution is -2.47. The highest BCUT2D eigenvalue weighted by molar-refractivity contribution is 6.34. The molecule has 3 aliphatic rings. The molecule has 0 aliphatic carbocycles. The monoisotopic (exact) mass is 613 g/mol. The van der Waals surface area contributed by atoms with E-state index in [1.165, 1.54) is 0 Å². The Kier molecular flexibility index (Phi) is 9.25. The van der Waals surface area contributed by atoms with Crippen molar-refractivity contribution >= 4 is 52.4 Å². The highest BCUT2D eigenvalue weighted by Crippen LogP contribution is 2.31. The third-order valence-corrected chi connectivity index (χ3v) is 7.92. The van der Waals surface area contributed by atoms with Crippen LogP contribution >= 0.6 is 23.2 Å². The normalized spacial score (nSPS) is 18.8. The summed E-state index contributed by atoms with van der Waals surface area (Å²) in [4.78, 5) is 46.1. The fraction of sp³-hybridized carbons (Fsp3) is 0.333. The second kappa shape index (κ2) is 13.1. The third-order valence-electron chi connectivity index (χ3n) is 7.37. The van der Waals surface area contributed by atoms with Crippen LogP contribution in [0.15, 0.2) is 64.4 Å². The average Bonchev–Trinajstić information content (AvgIpc) is 3.16. The number of halogens is 3. The molecule has 5 rings (SSSR count). The minimum absolute atomic E-state index is 0.0163. The number of amides is 3. The molecule has 42 heavy (non-hydrogen) atoms. The minimum atomic E-state index is -1.08. The maximum absolute atomic E-state index is 14.7. The van der Waals surface area contributed by atoms with Crippen molar-refractivity contribution in [3.8, 4) is 0 Å². The predicted octanol–water partition coefficient (Wildman–Crippen LogP) is 4.82. The molecule has 0 bridgehead atoms. The van der Waals surface area contributed by atoms with E-state index in [1.807, 2.05) is 6.08 Å². The summed E-state index contributed by atoms with van der Waals surface area (Å²) in [6.07, 6.45) is 3.57. The van der Waals surface area contributed by atoms with E-state index in [0.29, 0.717) is 43.6 Å². The molecule has 9 nitrogen and oxygen atoms in total. The highest BCUT2D eigenvalue weighted by Gasteiger charge is 2.36. The van der Waals surface area contributed by atoms with Crippen molar-refractivity contribution in [2.24, 2.45) is 10.9 Å². The fourth-order valence-corrected chi connectivity index (χ4v) is 5.45. The zero-order chi connectivity index (χ0) is 29.8. The van der Waals surface area contributed by atoms with Crippen LogP contribution in [-0.2, 0) is 20.9 Å². The lowest BCUT2D eigenvalue weighted by atomic mass is 9.91. The fourth-order valence-electron chi connectivity index (χ4n) is 5.04. The van der Waals surface area contributed by atoms with E-state index >= 15 is 0 Å². The molecule has 3 N–H and O–H groups in total. The van der Waals surface area contributed by atoms with Crippen molar-refractivity contribution < 1.29 is 23.5 Å². The average molecular weight is 615 g/mol. The minimum Gasteiger partial charge on any atom is -0.378 e. The summed E-state index contributed by atoms with van der Waals surface area (Å²) in [6, 6.07) is 9.01. The molecule has 3 amide bonds. The number of piperidine rings is 1. The maximum atomic E-state index is 14.7. The van der Waals surface area contributed by atoms with Crippen molar-refractivity contribution in [3.05, 3.63) is 86.4 Å². The first-order valence-corrected chi connectivity index (χ1v) is 14.4. The Morgan fingerprint density at radius 1 is 1.19 bits per heavy atom. The Hall–Kier alpha value is -3.73. The number of aliphatic imine (C=N–C) groups is 1. The zero-order valence-electron chi connectivity index (χ0n) is 22.9. The zero-order valence-corrected chi connectivity index (χ0v) is 24.4. The number of nitrogens with zero attached hydrogens (tertiary/aromatic N) is 2. The molecule has 3 heterocycles. The summed E-state index contributed by atoms with van der Waals surface area (Å²) in [5.41, 5.74) is 2.34. The molecular weight excluding hydrogens is 584 g/mol.